The van der Waals surface area contributed by atoms with E-state index in [1.54, 1.807) is 0 Å². The van der Waals surface area contributed by atoms with Crippen LogP contribution in [-0.2, 0) is 4.74 Å². The maximum absolute atomic E-state index is 12.0. The van der Waals surface area contributed by atoms with E-state index in [9.17, 15) is 13.6 Å². The van der Waals surface area contributed by atoms with Gasteiger partial charge in [0.1, 0.15) is 5.75 Å². The summed E-state index contributed by atoms with van der Waals surface area (Å²) in [5, 5.41) is 0. The van der Waals surface area contributed by atoms with E-state index in [1.165, 1.54) is 0 Å². The van der Waals surface area contributed by atoms with Gasteiger partial charge in [0.2, 0.25) is 0 Å². The number of carbonyl (C=O) groups excluding carboxylic acids is 1. The summed E-state index contributed by atoms with van der Waals surface area (Å²) in [5.74, 6) is -1.07. The lowest BCUT2D eigenvalue weighted by molar-refractivity contribution is -0.0494. The largest absolute Gasteiger partial charge is 0.465 e. The van der Waals surface area contributed by atoms with Crippen molar-refractivity contribution in [1.82, 2.24) is 0 Å². The minimum absolute atomic E-state index is 0.0333. The third-order valence-electron chi connectivity index (χ3n) is 1.80. The van der Waals surface area contributed by atoms with E-state index >= 15 is 0 Å². The Bertz CT molecular complexity index is 410. The number of methoxy groups -OCH3 is 1. The highest BCUT2D eigenvalue weighted by Crippen LogP contribution is 2.29. The molecular weight excluding hydrogens is 222 g/mol. The van der Waals surface area contributed by atoms with Crippen molar-refractivity contribution in [2.24, 2.45) is 0 Å². The molecule has 4 N–H and O–H groups in total. The number of anilines is 2. The molecule has 7 heteroatoms. The second-order valence-electron chi connectivity index (χ2n) is 2.85. The van der Waals surface area contributed by atoms with Gasteiger partial charge in [-0.1, -0.05) is 0 Å². The van der Waals surface area contributed by atoms with Crippen LogP contribution in [0.4, 0.5) is 20.2 Å². The summed E-state index contributed by atoms with van der Waals surface area (Å²) in [6.07, 6.45) is 0. The maximum atomic E-state index is 12.0. The lowest BCUT2D eigenvalue weighted by Crippen LogP contribution is -2.10. The first-order valence-corrected chi connectivity index (χ1v) is 4.17. The van der Waals surface area contributed by atoms with Crippen molar-refractivity contribution in [3.8, 4) is 5.75 Å². The number of halogens is 2. The summed E-state index contributed by atoms with van der Waals surface area (Å²) >= 11 is 0. The van der Waals surface area contributed by atoms with Gasteiger partial charge in [-0.3, -0.25) is 0 Å². The molecule has 0 unspecified atom stereocenters. The molecule has 16 heavy (non-hydrogen) atoms. The summed E-state index contributed by atoms with van der Waals surface area (Å²) < 4.78 is 32.5. The third kappa shape index (κ3) is 2.50. The summed E-state index contributed by atoms with van der Waals surface area (Å²) in [5.41, 5.74) is 10.7. The first-order valence-electron chi connectivity index (χ1n) is 4.17. The van der Waals surface area contributed by atoms with Crippen LogP contribution in [0.2, 0.25) is 0 Å². The van der Waals surface area contributed by atoms with Gasteiger partial charge in [0.15, 0.2) is 0 Å². The second kappa shape index (κ2) is 4.65. The van der Waals surface area contributed by atoms with Crippen LogP contribution < -0.4 is 16.2 Å². The van der Waals surface area contributed by atoms with Gasteiger partial charge < -0.3 is 20.9 Å². The van der Waals surface area contributed by atoms with E-state index < -0.39 is 12.6 Å². The van der Waals surface area contributed by atoms with Crippen LogP contribution in [0, 0.1) is 0 Å². The average Bonchev–Trinajstić information content (AvgIpc) is 2.20. The molecule has 0 aliphatic heterocycles. The Hall–Kier alpha value is -2.05. The summed E-state index contributed by atoms with van der Waals surface area (Å²) in [6, 6.07) is 2.17. The standard InChI is InChI=1S/C9H10F2N2O3/c1-15-8(14)4-2-7(16-9(10)11)6(13)3-5(4)12/h2-3,9H,12-13H2,1H3. The van der Waals surface area contributed by atoms with E-state index in [1.807, 2.05) is 0 Å². The number of rotatable bonds is 3. The van der Waals surface area contributed by atoms with Crippen molar-refractivity contribution in [3.63, 3.8) is 0 Å². The quantitative estimate of drug-likeness (QED) is 0.604. The highest BCUT2D eigenvalue weighted by Gasteiger charge is 2.16. The van der Waals surface area contributed by atoms with E-state index in [4.69, 9.17) is 11.5 Å². The molecule has 0 fully saturated rings. The highest BCUT2D eigenvalue weighted by molar-refractivity contribution is 5.96. The first kappa shape index (κ1) is 12.0. The summed E-state index contributed by atoms with van der Waals surface area (Å²) in [7, 11) is 1.14. The Morgan fingerprint density at radius 1 is 1.31 bits per heavy atom. The zero-order valence-electron chi connectivity index (χ0n) is 8.37. The normalized spacial score (nSPS) is 10.2. The minimum atomic E-state index is -3.03. The molecule has 88 valence electrons. The van der Waals surface area contributed by atoms with Gasteiger partial charge in [0.05, 0.1) is 18.4 Å². The number of benzene rings is 1. The number of nitrogen functional groups attached to an aromatic ring is 2. The van der Waals surface area contributed by atoms with Crippen LogP contribution in [0.1, 0.15) is 10.4 Å². The third-order valence-corrected chi connectivity index (χ3v) is 1.80. The fraction of sp³-hybridized carbons (Fsp3) is 0.222. The average molecular weight is 232 g/mol. The number of esters is 1. The van der Waals surface area contributed by atoms with Crippen LogP contribution in [0.15, 0.2) is 12.1 Å². The van der Waals surface area contributed by atoms with Crippen LogP contribution in [-0.4, -0.2) is 19.7 Å². The molecule has 0 saturated heterocycles. The monoisotopic (exact) mass is 232 g/mol. The van der Waals surface area contributed by atoms with Crippen LogP contribution in [0.25, 0.3) is 0 Å². The van der Waals surface area contributed by atoms with Crippen molar-refractivity contribution < 1.29 is 23.0 Å². The van der Waals surface area contributed by atoms with Gasteiger partial charge in [-0.15, -0.1) is 0 Å². The first-order chi connectivity index (χ1) is 7.45. The molecule has 0 aliphatic rings. The Morgan fingerprint density at radius 3 is 2.44 bits per heavy atom. The van der Waals surface area contributed by atoms with E-state index in [0.29, 0.717) is 0 Å². The molecule has 0 heterocycles. The molecule has 0 saturated carbocycles. The van der Waals surface area contributed by atoms with E-state index in [2.05, 4.69) is 9.47 Å². The zero-order valence-corrected chi connectivity index (χ0v) is 8.37. The van der Waals surface area contributed by atoms with Gasteiger partial charge in [0, 0.05) is 5.69 Å². The molecule has 0 spiro atoms. The van der Waals surface area contributed by atoms with Crippen LogP contribution in [0.3, 0.4) is 0 Å². The number of hydrogen-bond acceptors (Lipinski definition) is 5. The maximum Gasteiger partial charge on any atom is 0.387 e. The Labute approximate surface area is 89.9 Å². The van der Waals surface area contributed by atoms with Crippen molar-refractivity contribution in [3.05, 3.63) is 17.7 Å². The minimum Gasteiger partial charge on any atom is -0.465 e. The van der Waals surface area contributed by atoms with Crippen molar-refractivity contribution in [2.45, 2.75) is 6.61 Å². The lowest BCUT2D eigenvalue weighted by atomic mass is 10.1. The van der Waals surface area contributed by atoms with Crippen molar-refractivity contribution in [2.75, 3.05) is 18.6 Å². The molecule has 5 nitrogen and oxygen atoms in total. The molecule has 0 radical (unpaired) electrons. The lowest BCUT2D eigenvalue weighted by Gasteiger charge is -2.11. The predicted molar refractivity (Wildman–Crippen MR) is 53.2 cm³/mol. The number of alkyl halides is 2. The fourth-order valence-corrected chi connectivity index (χ4v) is 1.10. The van der Waals surface area contributed by atoms with Gasteiger partial charge >= 0.3 is 12.6 Å². The number of nitrogens with two attached hydrogens (primary N) is 2. The van der Waals surface area contributed by atoms with Crippen molar-refractivity contribution >= 4 is 17.3 Å². The second-order valence-corrected chi connectivity index (χ2v) is 2.85. The number of ether oxygens (including phenoxy) is 2. The zero-order chi connectivity index (χ0) is 12.3. The predicted octanol–water partition coefficient (Wildman–Crippen LogP) is 1.24. The topological polar surface area (TPSA) is 87.6 Å². The highest BCUT2D eigenvalue weighted by atomic mass is 19.3. The van der Waals surface area contributed by atoms with Crippen LogP contribution >= 0.6 is 0 Å². The van der Waals surface area contributed by atoms with Gasteiger partial charge in [-0.25, -0.2) is 4.79 Å². The Balaban J connectivity index is 3.16. The molecule has 0 amide bonds. The van der Waals surface area contributed by atoms with Gasteiger partial charge in [-0.05, 0) is 12.1 Å². The van der Waals surface area contributed by atoms with Crippen molar-refractivity contribution in [1.29, 1.82) is 0 Å². The summed E-state index contributed by atoms with van der Waals surface area (Å²) in [4.78, 5) is 11.2. The fourth-order valence-electron chi connectivity index (χ4n) is 1.10. The Morgan fingerprint density at radius 2 is 1.94 bits per heavy atom. The van der Waals surface area contributed by atoms with E-state index in [-0.39, 0.29) is 22.7 Å². The SMILES string of the molecule is COC(=O)c1cc(OC(F)F)c(N)cc1N. The van der Waals surface area contributed by atoms with Gasteiger partial charge in [0.25, 0.3) is 0 Å². The molecule has 0 aromatic heterocycles. The van der Waals surface area contributed by atoms with Crippen LogP contribution in [0.5, 0.6) is 5.75 Å². The Kier molecular flexibility index (Phi) is 3.49. The molecule has 1 aromatic rings. The smallest absolute Gasteiger partial charge is 0.387 e. The summed E-state index contributed by atoms with van der Waals surface area (Å²) in [6.45, 7) is -3.03. The molecule has 0 atom stereocenters. The molecule has 0 aliphatic carbocycles. The number of carbonyl (C=O) groups is 1. The van der Waals surface area contributed by atoms with Gasteiger partial charge in [-0.2, -0.15) is 8.78 Å². The van der Waals surface area contributed by atoms with E-state index in [0.717, 1.165) is 19.2 Å². The molecule has 1 rings (SSSR count). The molecular formula is C9H10F2N2O3. The molecule has 1 aromatic carbocycles. The number of hydrogen-bond donors (Lipinski definition) is 2. The molecule has 0 bridgehead atoms.